The maximum Gasteiger partial charge on any atom is 0.407 e. The summed E-state index contributed by atoms with van der Waals surface area (Å²) in [5.41, 5.74) is 2.65. The van der Waals surface area contributed by atoms with E-state index in [-0.39, 0.29) is 25.0 Å². The van der Waals surface area contributed by atoms with Crippen molar-refractivity contribution in [1.82, 2.24) is 10.6 Å². The fourth-order valence-electron chi connectivity index (χ4n) is 5.88. The molecule has 35 heavy (non-hydrogen) atoms. The highest BCUT2D eigenvalue weighted by atomic mass is 16.5. The number of carboxylic acid groups (broad SMARTS) is 1. The van der Waals surface area contributed by atoms with Gasteiger partial charge in [-0.15, -0.1) is 0 Å². The lowest BCUT2D eigenvalue weighted by Gasteiger charge is -2.43. The number of nitrogens with one attached hydrogen (secondary N) is 2. The van der Waals surface area contributed by atoms with E-state index in [1.54, 1.807) is 0 Å². The molecule has 0 aromatic heterocycles. The van der Waals surface area contributed by atoms with Crippen LogP contribution in [0.15, 0.2) is 48.5 Å². The number of aliphatic carboxylic acids is 1. The van der Waals surface area contributed by atoms with Crippen LogP contribution < -0.4 is 10.6 Å². The standard InChI is InChI=1S/C28H32N2O5/c31-24(30-28(25(32)33)15-6-1-7-16-28)27(13-8-14-27)18-29-26(34)35-17-23-21-11-4-2-9-19(21)20-10-3-5-12-22(20)23/h2-5,9-12,23H,1,6-8,13-18H2,(H,29,34)(H,30,31)(H,32,33). The van der Waals surface area contributed by atoms with E-state index in [1.807, 2.05) is 24.3 Å². The predicted molar refractivity (Wildman–Crippen MR) is 131 cm³/mol. The lowest BCUT2D eigenvalue weighted by molar-refractivity contribution is -0.152. The fourth-order valence-corrected chi connectivity index (χ4v) is 5.88. The second-order valence-corrected chi connectivity index (χ2v) is 10.2. The quantitative estimate of drug-likeness (QED) is 0.542. The maximum absolute atomic E-state index is 13.2. The van der Waals surface area contributed by atoms with Gasteiger partial charge in [-0.05, 0) is 47.9 Å². The molecule has 0 heterocycles. The molecule has 2 aromatic carbocycles. The molecule has 7 heteroatoms. The maximum atomic E-state index is 13.2. The molecular weight excluding hydrogens is 444 g/mol. The van der Waals surface area contributed by atoms with Crippen LogP contribution in [0.25, 0.3) is 11.1 Å². The van der Waals surface area contributed by atoms with Crippen molar-refractivity contribution in [1.29, 1.82) is 0 Å². The Kier molecular flexibility index (Phi) is 6.26. The summed E-state index contributed by atoms with van der Waals surface area (Å²) in [5.74, 6) is -1.27. The highest BCUT2D eigenvalue weighted by molar-refractivity contribution is 5.91. The van der Waals surface area contributed by atoms with E-state index in [9.17, 15) is 19.5 Å². The minimum atomic E-state index is -1.19. The Labute approximate surface area is 205 Å². The van der Waals surface area contributed by atoms with Crippen LogP contribution in [-0.4, -0.2) is 41.8 Å². The number of fused-ring (bicyclic) bond motifs is 3. The minimum absolute atomic E-state index is 0.0316. The van der Waals surface area contributed by atoms with Crippen LogP contribution in [0.1, 0.15) is 68.4 Å². The van der Waals surface area contributed by atoms with Crippen LogP contribution in [-0.2, 0) is 14.3 Å². The molecule has 0 unspecified atom stereocenters. The van der Waals surface area contributed by atoms with E-state index in [0.29, 0.717) is 25.7 Å². The summed E-state index contributed by atoms with van der Waals surface area (Å²) in [6.07, 6.45) is 5.02. The van der Waals surface area contributed by atoms with Gasteiger partial charge in [-0.25, -0.2) is 9.59 Å². The Bertz CT molecular complexity index is 1090. The van der Waals surface area contributed by atoms with E-state index >= 15 is 0 Å². The van der Waals surface area contributed by atoms with E-state index in [0.717, 1.165) is 47.9 Å². The zero-order valence-electron chi connectivity index (χ0n) is 19.8. The summed E-state index contributed by atoms with van der Waals surface area (Å²) in [7, 11) is 0. The largest absolute Gasteiger partial charge is 0.480 e. The van der Waals surface area contributed by atoms with Gasteiger partial charge in [0.25, 0.3) is 0 Å². The Hall–Kier alpha value is -3.35. The van der Waals surface area contributed by atoms with Gasteiger partial charge in [-0.1, -0.05) is 74.2 Å². The van der Waals surface area contributed by atoms with Crippen LogP contribution in [0.4, 0.5) is 4.79 Å². The number of hydrogen-bond acceptors (Lipinski definition) is 4. The molecule has 3 aliphatic carbocycles. The molecule has 2 amide bonds. The molecule has 184 valence electrons. The van der Waals surface area contributed by atoms with Gasteiger partial charge in [0.2, 0.25) is 5.91 Å². The van der Waals surface area contributed by atoms with Crippen LogP contribution in [0.2, 0.25) is 0 Å². The molecule has 2 aromatic rings. The first-order valence-corrected chi connectivity index (χ1v) is 12.6. The molecule has 2 saturated carbocycles. The highest BCUT2D eigenvalue weighted by Crippen LogP contribution is 2.45. The van der Waals surface area contributed by atoms with E-state index < -0.39 is 23.0 Å². The van der Waals surface area contributed by atoms with E-state index in [2.05, 4.69) is 34.9 Å². The van der Waals surface area contributed by atoms with Crippen molar-refractivity contribution in [2.75, 3.05) is 13.2 Å². The number of carboxylic acids is 1. The summed E-state index contributed by atoms with van der Waals surface area (Å²) < 4.78 is 5.62. The van der Waals surface area contributed by atoms with Crippen LogP contribution in [0.3, 0.4) is 0 Å². The molecule has 2 fully saturated rings. The fraction of sp³-hybridized carbons (Fsp3) is 0.464. The molecule has 0 spiro atoms. The SMILES string of the molecule is O=C(NCC1(C(=O)NC2(C(=O)O)CCCCC2)CCC1)OCC1c2ccccc2-c2ccccc21. The first kappa shape index (κ1) is 23.4. The van der Waals surface area contributed by atoms with Crippen LogP contribution >= 0.6 is 0 Å². The summed E-state index contributed by atoms with van der Waals surface area (Å²) >= 11 is 0. The Balaban J connectivity index is 1.20. The van der Waals surface area contributed by atoms with Crippen molar-refractivity contribution in [3.05, 3.63) is 59.7 Å². The van der Waals surface area contributed by atoms with Crippen molar-refractivity contribution >= 4 is 18.0 Å². The molecule has 0 atom stereocenters. The number of carbonyl (C=O) groups excluding carboxylic acids is 2. The second-order valence-electron chi connectivity index (χ2n) is 10.2. The van der Waals surface area contributed by atoms with Gasteiger partial charge in [0.1, 0.15) is 12.1 Å². The topological polar surface area (TPSA) is 105 Å². The molecule has 0 bridgehead atoms. The highest BCUT2D eigenvalue weighted by Gasteiger charge is 2.49. The van der Waals surface area contributed by atoms with Gasteiger partial charge >= 0.3 is 12.1 Å². The third-order valence-corrected chi connectivity index (χ3v) is 8.18. The van der Waals surface area contributed by atoms with E-state index in [1.165, 1.54) is 0 Å². The molecule has 3 N–H and O–H groups in total. The van der Waals surface area contributed by atoms with Gasteiger partial charge in [-0.3, -0.25) is 4.79 Å². The number of ether oxygens (including phenoxy) is 1. The lowest BCUT2D eigenvalue weighted by atomic mass is 9.67. The molecular formula is C28H32N2O5. The summed E-state index contributed by atoms with van der Waals surface area (Å²) in [6.45, 7) is 0.354. The zero-order chi connectivity index (χ0) is 24.5. The van der Waals surface area contributed by atoms with Crippen molar-refractivity contribution in [2.45, 2.75) is 62.8 Å². The molecule has 0 saturated heterocycles. The number of benzene rings is 2. The van der Waals surface area contributed by atoms with Gasteiger partial charge < -0.3 is 20.5 Å². The van der Waals surface area contributed by atoms with Crippen molar-refractivity contribution < 1.29 is 24.2 Å². The lowest BCUT2D eigenvalue weighted by Crippen LogP contribution is -2.62. The average molecular weight is 477 g/mol. The third kappa shape index (κ3) is 4.28. The monoisotopic (exact) mass is 476 g/mol. The Morgan fingerprint density at radius 2 is 1.46 bits per heavy atom. The number of carbonyl (C=O) groups is 3. The number of rotatable bonds is 7. The number of amides is 2. The summed E-state index contributed by atoms with van der Waals surface area (Å²) in [5, 5.41) is 15.5. The average Bonchev–Trinajstić information content (AvgIpc) is 3.16. The first-order chi connectivity index (χ1) is 16.9. The normalized spacial score (nSPS) is 19.5. The molecule has 7 nitrogen and oxygen atoms in total. The first-order valence-electron chi connectivity index (χ1n) is 12.6. The second kappa shape index (κ2) is 9.36. The smallest absolute Gasteiger partial charge is 0.407 e. The predicted octanol–water partition coefficient (Wildman–Crippen LogP) is 4.60. The van der Waals surface area contributed by atoms with Crippen LogP contribution in [0.5, 0.6) is 0 Å². The van der Waals surface area contributed by atoms with Gasteiger partial charge in [0, 0.05) is 12.5 Å². The third-order valence-electron chi connectivity index (χ3n) is 8.18. The van der Waals surface area contributed by atoms with Gasteiger partial charge in [0.05, 0.1) is 5.41 Å². The van der Waals surface area contributed by atoms with Crippen molar-refractivity contribution in [2.24, 2.45) is 5.41 Å². The molecule has 3 aliphatic rings. The minimum Gasteiger partial charge on any atom is -0.480 e. The molecule has 0 radical (unpaired) electrons. The number of alkyl carbamates (subject to hydrolysis) is 1. The number of hydrogen-bond donors (Lipinski definition) is 3. The van der Waals surface area contributed by atoms with Crippen molar-refractivity contribution in [3.63, 3.8) is 0 Å². The summed E-state index contributed by atoms with van der Waals surface area (Å²) in [4.78, 5) is 37.8. The van der Waals surface area contributed by atoms with Crippen LogP contribution in [0, 0.1) is 5.41 Å². The Morgan fingerprint density at radius 3 is 2.00 bits per heavy atom. The molecule has 0 aliphatic heterocycles. The molecule has 5 rings (SSSR count). The zero-order valence-corrected chi connectivity index (χ0v) is 19.8. The van der Waals surface area contributed by atoms with Gasteiger partial charge in [0.15, 0.2) is 0 Å². The van der Waals surface area contributed by atoms with E-state index in [4.69, 9.17) is 4.74 Å². The van der Waals surface area contributed by atoms with Crippen molar-refractivity contribution in [3.8, 4) is 11.1 Å². The summed E-state index contributed by atoms with van der Waals surface area (Å²) in [6, 6.07) is 16.3. The van der Waals surface area contributed by atoms with Gasteiger partial charge in [-0.2, -0.15) is 0 Å². The Morgan fingerprint density at radius 1 is 0.857 bits per heavy atom.